The molecule has 0 unspecified atom stereocenters. The number of aromatic nitrogens is 1. The number of urea groups is 1. The molecule has 158 valence electrons. The Morgan fingerprint density at radius 3 is 2.70 bits per heavy atom. The molecule has 3 amide bonds. The molecule has 1 aliphatic carbocycles. The third-order valence-electron chi connectivity index (χ3n) is 6.52. The van der Waals surface area contributed by atoms with Gasteiger partial charge in [-0.3, -0.25) is 14.5 Å². The van der Waals surface area contributed by atoms with Crippen LogP contribution in [0.2, 0.25) is 0 Å². The zero-order valence-electron chi connectivity index (χ0n) is 18.0. The van der Waals surface area contributed by atoms with Crippen LogP contribution in [0.25, 0.3) is 0 Å². The third kappa shape index (κ3) is 3.15. The second-order valence-electron chi connectivity index (χ2n) is 8.45. The Morgan fingerprint density at radius 1 is 1.17 bits per heavy atom. The van der Waals surface area contributed by atoms with Crippen LogP contribution in [-0.4, -0.2) is 33.7 Å². The topological polar surface area (TPSA) is 71.4 Å². The average Bonchev–Trinajstić information content (AvgIpc) is 3.05. The summed E-state index contributed by atoms with van der Waals surface area (Å²) in [5, 5.41) is 2.95. The van der Waals surface area contributed by atoms with Crippen molar-refractivity contribution >= 4 is 17.7 Å². The second kappa shape index (κ2) is 7.74. The molecule has 2 aliphatic rings. The largest absolute Gasteiger partial charge is 0.348 e. The van der Waals surface area contributed by atoms with Crippen LogP contribution in [0.3, 0.4) is 0 Å². The van der Waals surface area contributed by atoms with Gasteiger partial charge in [0.1, 0.15) is 5.54 Å². The van der Waals surface area contributed by atoms with E-state index in [1.165, 1.54) is 0 Å². The number of benzene rings is 1. The number of imide groups is 1. The van der Waals surface area contributed by atoms with E-state index in [1.54, 1.807) is 0 Å². The molecule has 1 aromatic heterocycles. The Hall–Kier alpha value is -2.89. The lowest BCUT2D eigenvalue weighted by atomic mass is 9.84. The van der Waals surface area contributed by atoms with Gasteiger partial charge in [0, 0.05) is 23.5 Å². The highest BCUT2D eigenvalue weighted by molar-refractivity contribution is 6.11. The molecule has 1 spiro atoms. The van der Waals surface area contributed by atoms with E-state index in [0.717, 1.165) is 59.6 Å². The van der Waals surface area contributed by atoms with E-state index in [2.05, 4.69) is 16.8 Å². The first kappa shape index (κ1) is 20.4. The lowest BCUT2D eigenvalue weighted by Crippen LogP contribution is -2.44. The third-order valence-corrected chi connectivity index (χ3v) is 6.52. The van der Waals surface area contributed by atoms with Gasteiger partial charge in [0.05, 0.1) is 6.54 Å². The number of fused-ring (bicyclic) bond motifs is 2. The van der Waals surface area contributed by atoms with E-state index >= 15 is 0 Å². The van der Waals surface area contributed by atoms with Crippen molar-refractivity contribution in [1.29, 1.82) is 0 Å². The molecule has 6 nitrogen and oxygen atoms in total. The van der Waals surface area contributed by atoms with Crippen molar-refractivity contribution in [2.45, 2.75) is 65.0 Å². The van der Waals surface area contributed by atoms with Gasteiger partial charge in [-0.1, -0.05) is 31.2 Å². The van der Waals surface area contributed by atoms with Gasteiger partial charge in [0.15, 0.2) is 5.78 Å². The summed E-state index contributed by atoms with van der Waals surface area (Å²) in [5.41, 5.74) is 3.41. The Kier molecular flexibility index (Phi) is 5.26. The van der Waals surface area contributed by atoms with Gasteiger partial charge in [-0.2, -0.15) is 0 Å². The summed E-state index contributed by atoms with van der Waals surface area (Å²) in [5.74, 6) is -0.509. The summed E-state index contributed by atoms with van der Waals surface area (Å²) >= 11 is 0. The number of rotatable bonds is 5. The maximum absolute atomic E-state index is 13.5. The van der Waals surface area contributed by atoms with E-state index in [9.17, 15) is 14.4 Å². The van der Waals surface area contributed by atoms with Gasteiger partial charge in [0.2, 0.25) is 0 Å². The van der Waals surface area contributed by atoms with E-state index < -0.39 is 11.6 Å². The summed E-state index contributed by atoms with van der Waals surface area (Å²) in [6, 6.07) is 9.21. The van der Waals surface area contributed by atoms with Gasteiger partial charge in [-0.15, -0.1) is 0 Å². The molecule has 6 heteroatoms. The highest BCUT2D eigenvalue weighted by Crippen LogP contribution is 2.39. The molecule has 0 radical (unpaired) electrons. The maximum Gasteiger partial charge on any atom is 0.325 e. The molecule has 1 N–H and O–H groups in total. The zero-order valence-corrected chi connectivity index (χ0v) is 18.0. The Balaban J connectivity index is 1.63. The molecule has 30 heavy (non-hydrogen) atoms. The van der Waals surface area contributed by atoms with Crippen molar-refractivity contribution in [3.8, 4) is 0 Å². The first-order valence-electron chi connectivity index (χ1n) is 10.8. The molecule has 1 atom stereocenters. The van der Waals surface area contributed by atoms with Crippen LogP contribution in [0.5, 0.6) is 0 Å². The van der Waals surface area contributed by atoms with Crippen molar-refractivity contribution in [3.05, 3.63) is 58.4 Å². The monoisotopic (exact) mass is 407 g/mol. The highest BCUT2D eigenvalue weighted by Gasteiger charge is 2.53. The Bertz CT molecular complexity index is 1020. The summed E-state index contributed by atoms with van der Waals surface area (Å²) in [6.07, 6.45) is 4.25. The summed E-state index contributed by atoms with van der Waals surface area (Å²) in [7, 11) is 0. The Labute approximate surface area is 177 Å². The molecular formula is C24H29N3O3. The van der Waals surface area contributed by atoms with E-state index in [4.69, 9.17) is 0 Å². The lowest BCUT2D eigenvalue weighted by molar-refractivity contribution is -0.131. The van der Waals surface area contributed by atoms with Crippen molar-refractivity contribution in [3.63, 3.8) is 0 Å². The molecule has 2 heterocycles. The number of amides is 3. The number of carbonyl (C=O) groups excluding carboxylic acids is 3. The van der Waals surface area contributed by atoms with E-state index in [0.29, 0.717) is 12.0 Å². The standard InChI is InChI=1S/C24H29N3O3/c1-4-13-26-16(2)14-19(17(26)3)21(28)15-27-22(29)24(25-23(27)30)12-8-7-10-18-9-5-6-11-20(18)24/h5-6,9,11,14H,4,7-8,10,12-13,15H2,1-3H3,(H,25,30)/t24-/m0/s1. The van der Waals surface area contributed by atoms with Crippen molar-refractivity contribution < 1.29 is 14.4 Å². The average molecular weight is 408 g/mol. The summed E-state index contributed by atoms with van der Waals surface area (Å²) in [6.45, 7) is 6.60. The smallest absolute Gasteiger partial charge is 0.325 e. The molecule has 1 aliphatic heterocycles. The predicted octanol–water partition coefficient (Wildman–Crippen LogP) is 3.87. The number of hydrogen-bond donors (Lipinski definition) is 1. The molecule has 0 bridgehead atoms. The highest BCUT2D eigenvalue weighted by atomic mass is 16.2. The zero-order chi connectivity index (χ0) is 21.5. The number of Topliss-reactive ketones (excluding diaryl/α,β-unsaturated/α-hetero) is 1. The van der Waals surface area contributed by atoms with Gasteiger partial charge in [0.25, 0.3) is 5.91 Å². The van der Waals surface area contributed by atoms with Crippen LogP contribution >= 0.6 is 0 Å². The molecule has 4 rings (SSSR count). The van der Waals surface area contributed by atoms with Gasteiger partial charge < -0.3 is 9.88 Å². The minimum atomic E-state index is -1.05. The minimum absolute atomic E-state index is 0.201. The fourth-order valence-corrected chi connectivity index (χ4v) is 5.00. The van der Waals surface area contributed by atoms with Crippen molar-refractivity contribution in [2.75, 3.05) is 6.54 Å². The van der Waals surface area contributed by atoms with Crippen molar-refractivity contribution in [1.82, 2.24) is 14.8 Å². The summed E-state index contributed by atoms with van der Waals surface area (Å²) < 4.78 is 2.11. The van der Waals surface area contributed by atoms with Crippen molar-refractivity contribution in [2.24, 2.45) is 0 Å². The van der Waals surface area contributed by atoms with E-state index in [1.807, 2.05) is 44.2 Å². The van der Waals surface area contributed by atoms with Gasteiger partial charge >= 0.3 is 6.03 Å². The molecule has 1 fully saturated rings. The number of hydrogen-bond acceptors (Lipinski definition) is 3. The van der Waals surface area contributed by atoms with Crippen LogP contribution < -0.4 is 5.32 Å². The van der Waals surface area contributed by atoms with Gasteiger partial charge in [-0.25, -0.2) is 4.79 Å². The molecular weight excluding hydrogens is 378 g/mol. The van der Waals surface area contributed by atoms with Gasteiger partial charge in [-0.05, 0) is 63.1 Å². The minimum Gasteiger partial charge on any atom is -0.348 e. The van der Waals surface area contributed by atoms with Crippen LogP contribution in [0.1, 0.15) is 65.5 Å². The van der Waals surface area contributed by atoms with Crippen LogP contribution in [0, 0.1) is 13.8 Å². The first-order chi connectivity index (χ1) is 14.4. The quantitative estimate of drug-likeness (QED) is 0.604. The predicted molar refractivity (Wildman–Crippen MR) is 114 cm³/mol. The molecule has 1 saturated heterocycles. The lowest BCUT2D eigenvalue weighted by Gasteiger charge is -2.27. The number of nitrogens with zero attached hydrogens (tertiary/aromatic N) is 2. The normalized spacial score (nSPS) is 21.0. The summed E-state index contributed by atoms with van der Waals surface area (Å²) in [4.78, 5) is 40.6. The fourth-order valence-electron chi connectivity index (χ4n) is 5.00. The molecule has 1 aromatic carbocycles. The van der Waals surface area contributed by atoms with Crippen LogP contribution in [0.4, 0.5) is 4.79 Å². The first-order valence-corrected chi connectivity index (χ1v) is 10.8. The number of ketones is 1. The van der Waals surface area contributed by atoms with Crippen LogP contribution in [0.15, 0.2) is 30.3 Å². The fraction of sp³-hybridized carbons (Fsp3) is 0.458. The number of carbonyl (C=O) groups is 3. The Morgan fingerprint density at radius 2 is 1.93 bits per heavy atom. The molecule has 2 aromatic rings. The SMILES string of the molecule is CCCn1c(C)cc(C(=O)CN2C(=O)N[C@]3(CCCCc4ccccc43)C2=O)c1C. The van der Waals surface area contributed by atoms with E-state index in [-0.39, 0.29) is 18.2 Å². The van der Waals surface area contributed by atoms with Crippen LogP contribution in [-0.2, 0) is 23.3 Å². The molecule has 0 saturated carbocycles. The maximum atomic E-state index is 13.5. The number of aryl methyl sites for hydroxylation is 2. The number of nitrogens with one attached hydrogen (secondary N) is 1. The second-order valence-corrected chi connectivity index (χ2v) is 8.45.